The van der Waals surface area contributed by atoms with Gasteiger partial charge in [-0.3, -0.25) is 14.9 Å². The van der Waals surface area contributed by atoms with Crippen LogP contribution in [-0.4, -0.2) is 22.3 Å². The lowest BCUT2D eigenvalue weighted by atomic mass is 10.1. The van der Waals surface area contributed by atoms with Crippen molar-refractivity contribution in [1.82, 2.24) is 4.90 Å². The molecule has 0 N–H and O–H groups in total. The van der Waals surface area contributed by atoms with Gasteiger partial charge < -0.3 is 9.32 Å². The summed E-state index contributed by atoms with van der Waals surface area (Å²) in [5.74, 6) is 0.310. The van der Waals surface area contributed by atoms with E-state index < -0.39 is 4.92 Å². The van der Waals surface area contributed by atoms with Crippen molar-refractivity contribution in [2.75, 3.05) is 6.54 Å². The van der Waals surface area contributed by atoms with Crippen LogP contribution < -0.4 is 0 Å². The van der Waals surface area contributed by atoms with Crippen molar-refractivity contribution >= 4 is 11.6 Å². The molecule has 1 amide bonds. The van der Waals surface area contributed by atoms with Gasteiger partial charge in [-0.15, -0.1) is 0 Å². The van der Waals surface area contributed by atoms with Gasteiger partial charge in [-0.25, -0.2) is 0 Å². The number of benzene rings is 1. The fourth-order valence-corrected chi connectivity index (χ4v) is 2.20. The van der Waals surface area contributed by atoms with Crippen LogP contribution in [-0.2, 0) is 6.54 Å². The van der Waals surface area contributed by atoms with Gasteiger partial charge in [0.05, 0.1) is 30.2 Å². The Morgan fingerprint density at radius 2 is 2.22 bits per heavy atom. The molecule has 1 aromatic heterocycles. The van der Waals surface area contributed by atoms with E-state index in [4.69, 9.17) is 9.68 Å². The summed E-state index contributed by atoms with van der Waals surface area (Å²) in [4.78, 5) is 24.5. The molecule has 0 bridgehead atoms. The number of nitro benzene ring substituents is 1. The lowest BCUT2D eigenvalue weighted by Crippen LogP contribution is -2.31. The molecule has 0 aliphatic heterocycles. The summed E-state index contributed by atoms with van der Waals surface area (Å²) >= 11 is 0. The highest BCUT2D eigenvalue weighted by Gasteiger charge is 2.19. The second-order valence-corrected chi connectivity index (χ2v) is 4.97. The molecular formula is C16H15N3O4. The minimum atomic E-state index is -0.486. The molecule has 0 saturated carbocycles. The van der Waals surface area contributed by atoms with Crippen molar-refractivity contribution < 1.29 is 14.1 Å². The highest BCUT2D eigenvalue weighted by molar-refractivity contribution is 5.94. The van der Waals surface area contributed by atoms with Crippen molar-refractivity contribution in [3.05, 3.63) is 63.6 Å². The van der Waals surface area contributed by atoms with Gasteiger partial charge in [0.2, 0.25) is 0 Å². The molecule has 118 valence electrons. The van der Waals surface area contributed by atoms with Crippen molar-refractivity contribution in [1.29, 1.82) is 5.26 Å². The topological polar surface area (TPSA) is 100 Å². The number of aryl methyl sites for hydroxylation is 1. The Labute approximate surface area is 132 Å². The lowest BCUT2D eigenvalue weighted by molar-refractivity contribution is -0.385. The highest BCUT2D eigenvalue weighted by atomic mass is 16.6. The number of nitro groups is 1. The van der Waals surface area contributed by atoms with Crippen molar-refractivity contribution in [3.8, 4) is 6.07 Å². The molecule has 23 heavy (non-hydrogen) atoms. The monoisotopic (exact) mass is 313 g/mol. The summed E-state index contributed by atoms with van der Waals surface area (Å²) in [6.45, 7) is 2.08. The molecule has 0 spiro atoms. The Morgan fingerprint density at radius 1 is 1.43 bits per heavy atom. The summed E-state index contributed by atoms with van der Waals surface area (Å²) in [7, 11) is 0. The number of carbonyl (C=O) groups is 1. The van der Waals surface area contributed by atoms with Crippen LogP contribution in [0.3, 0.4) is 0 Å². The van der Waals surface area contributed by atoms with Crippen molar-refractivity contribution in [2.24, 2.45) is 0 Å². The van der Waals surface area contributed by atoms with Crippen LogP contribution >= 0.6 is 0 Å². The standard InChI is InChI=1S/C16H15N3O4/c1-12-10-13(5-6-15(12)19(21)22)16(20)18(8-3-7-17)11-14-4-2-9-23-14/h2,4-6,9-10H,3,8,11H2,1H3. The molecule has 1 heterocycles. The fraction of sp³-hybridized carbons (Fsp3) is 0.250. The molecule has 0 unspecified atom stereocenters. The van der Waals surface area contributed by atoms with E-state index in [0.29, 0.717) is 16.9 Å². The van der Waals surface area contributed by atoms with Crippen molar-refractivity contribution in [3.63, 3.8) is 0 Å². The predicted molar refractivity (Wildman–Crippen MR) is 81.5 cm³/mol. The smallest absolute Gasteiger partial charge is 0.272 e. The fourth-order valence-electron chi connectivity index (χ4n) is 2.20. The van der Waals surface area contributed by atoms with E-state index in [0.717, 1.165) is 0 Å². The first-order valence-electron chi connectivity index (χ1n) is 6.96. The summed E-state index contributed by atoms with van der Waals surface area (Å²) < 4.78 is 5.24. The number of carbonyl (C=O) groups excluding carboxylic acids is 1. The normalized spacial score (nSPS) is 10.1. The molecule has 0 fully saturated rings. The number of nitriles is 1. The van der Waals surface area contributed by atoms with Crippen LogP contribution in [0.1, 0.15) is 28.1 Å². The summed E-state index contributed by atoms with van der Waals surface area (Å²) in [6.07, 6.45) is 1.71. The van der Waals surface area contributed by atoms with Gasteiger partial charge in [0.25, 0.3) is 11.6 Å². The molecule has 7 heteroatoms. The minimum absolute atomic E-state index is 0.0313. The molecule has 2 aromatic rings. The molecule has 2 rings (SSSR count). The van der Waals surface area contributed by atoms with Crippen LogP contribution in [0.15, 0.2) is 41.0 Å². The summed E-state index contributed by atoms with van der Waals surface area (Å²) in [5.41, 5.74) is 0.729. The Morgan fingerprint density at radius 3 is 2.78 bits per heavy atom. The zero-order valence-corrected chi connectivity index (χ0v) is 12.6. The Balaban J connectivity index is 2.24. The summed E-state index contributed by atoms with van der Waals surface area (Å²) in [6, 6.07) is 9.70. The first-order valence-corrected chi connectivity index (χ1v) is 6.96. The summed E-state index contributed by atoms with van der Waals surface area (Å²) in [5, 5.41) is 19.6. The second-order valence-electron chi connectivity index (χ2n) is 4.97. The second kappa shape index (κ2) is 7.22. The zero-order chi connectivity index (χ0) is 16.8. The van der Waals surface area contributed by atoms with Gasteiger partial charge in [-0.1, -0.05) is 0 Å². The molecule has 1 aromatic carbocycles. The van der Waals surface area contributed by atoms with Crippen molar-refractivity contribution in [2.45, 2.75) is 19.9 Å². The maximum atomic E-state index is 12.6. The predicted octanol–water partition coefficient (Wildman–Crippen LogP) is 3.05. The minimum Gasteiger partial charge on any atom is -0.467 e. The maximum Gasteiger partial charge on any atom is 0.272 e. The number of furan rings is 1. The Hall–Kier alpha value is -3.14. The van der Waals surface area contributed by atoms with Gasteiger partial charge in [0.15, 0.2) is 0 Å². The third kappa shape index (κ3) is 3.95. The van der Waals surface area contributed by atoms with E-state index in [1.54, 1.807) is 19.1 Å². The van der Waals surface area contributed by atoms with Gasteiger partial charge in [-0.2, -0.15) is 5.26 Å². The average molecular weight is 313 g/mol. The number of amides is 1. The average Bonchev–Trinajstić information content (AvgIpc) is 3.03. The molecule has 0 aliphatic rings. The van der Waals surface area contributed by atoms with Crippen LogP contribution in [0.4, 0.5) is 5.69 Å². The quantitative estimate of drug-likeness (QED) is 0.602. The first kappa shape index (κ1) is 16.2. The van der Waals surface area contributed by atoms with Gasteiger partial charge in [0.1, 0.15) is 5.76 Å². The first-order chi connectivity index (χ1) is 11.0. The third-order valence-corrected chi connectivity index (χ3v) is 3.35. The van der Waals surface area contributed by atoms with Crippen LogP contribution in [0.2, 0.25) is 0 Å². The van der Waals surface area contributed by atoms with Crippen LogP contribution in [0, 0.1) is 28.4 Å². The van der Waals surface area contributed by atoms with E-state index in [1.807, 2.05) is 6.07 Å². The van der Waals surface area contributed by atoms with E-state index in [9.17, 15) is 14.9 Å². The number of hydrogen-bond donors (Lipinski definition) is 0. The highest BCUT2D eigenvalue weighted by Crippen LogP contribution is 2.20. The van der Waals surface area contributed by atoms with E-state index in [-0.39, 0.29) is 31.1 Å². The molecule has 0 aliphatic carbocycles. The molecule has 0 atom stereocenters. The van der Waals surface area contributed by atoms with E-state index >= 15 is 0 Å². The third-order valence-electron chi connectivity index (χ3n) is 3.35. The Kier molecular flexibility index (Phi) is 5.10. The van der Waals surface area contributed by atoms with Crippen LogP contribution in [0.5, 0.6) is 0 Å². The molecular weight excluding hydrogens is 298 g/mol. The van der Waals surface area contributed by atoms with Gasteiger partial charge >= 0.3 is 0 Å². The lowest BCUT2D eigenvalue weighted by Gasteiger charge is -2.20. The van der Waals surface area contributed by atoms with E-state index in [1.165, 1.54) is 29.4 Å². The van der Waals surface area contributed by atoms with Crippen LogP contribution in [0.25, 0.3) is 0 Å². The molecule has 0 radical (unpaired) electrons. The van der Waals surface area contributed by atoms with E-state index in [2.05, 4.69) is 0 Å². The molecule has 7 nitrogen and oxygen atoms in total. The largest absolute Gasteiger partial charge is 0.467 e. The maximum absolute atomic E-state index is 12.6. The molecule has 0 saturated heterocycles. The zero-order valence-electron chi connectivity index (χ0n) is 12.6. The van der Waals surface area contributed by atoms with Gasteiger partial charge in [-0.05, 0) is 31.2 Å². The van der Waals surface area contributed by atoms with Gasteiger partial charge in [0, 0.05) is 23.7 Å². The Bertz CT molecular complexity index is 747. The number of rotatable bonds is 6. The number of nitrogens with zero attached hydrogens (tertiary/aromatic N) is 3. The SMILES string of the molecule is Cc1cc(C(=O)N(CCC#N)Cc2ccco2)ccc1[N+](=O)[O-]. The number of hydrogen-bond acceptors (Lipinski definition) is 5.